The van der Waals surface area contributed by atoms with Crippen LogP contribution < -0.4 is 21.8 Å². The lowest BCUT2D eigenvalue weighted by atomic mass is 10.3. The number of carbonyl (C=O) groups excluding carboxylic acids is 1. The van der Waals surface area contributed by atoms with Gasteiger partial charge in [0, 0.05) is 19.1 Å². The van der Waals surface area contributed by atoms with Crippen molar-refractivity contribution in [1.29, 1.82) is 0 Å². The smallest absolute Gasteiger partial charge is 0.316 e. The summed E-state index contributed by atoms with van der Waals surface area (Å²) in [5.41, 5.74) is -0.0676. The number of urea groups is 1. The maximum atomic E-state index is 11.9. The standard InChI is InChI=1S/C14H18N4O3/c1-9(2)16-14(21)15-7-8-18-11-6-4-3-5-10(11)17-12(19)13(18)20/h3-6,9H,7-8H2,1-2H3,(H,17,19)(H2,15,16,21). The van der Waals surface area contributed by atoms with Crippen LogP contribution in [0.5, 0.6) is 0 Å². The lowest BCUT2D eigenvalue weighted by molar-refractivity contribution is 0.238. The number of fused-ring (bicyclic) bond motifs is 1. The summed E-state index contributed by atoms with van der Waals surface area (Å²) >= 11 is 0. The molecule has 0 radical (unpaired) electrons. The number of nitrogens with one attached hydrogen (secondary N) is 3. The van der Waals surface area contributed by atoms with E-state index in [1.165, 1.54) is 4.57 Å². The van der Waals surface area contributed by atoms with Gasteiger partial charge in [0.15, 0.2) is 0 Å². The Morgan fingerprint density at radius 3 is 2.71 bits per heavy atom. The first-order valence-corrected chi connectivity index (χ1v) is 6.75. The Morgan fingerprint density at radius 2 is 2.00 bits per heavy atom. The Bertz CT molecular complexity index is 761. The SMILES string of the molecule is CC(C)NC(=O)NCCn1c(=O)c(=O)[nH]c2ccccc21. The van der Waals surface area contributed by atoms with Gasteiger partial charge in [0.2, 0.25) is 0 Å². The van der Waals surface area contributed by atoms with E-state index >= 15 is 0 Å². The zero-order chi connectivity index (χ0) is 15.4. The van der Waals surface area contributed by atoms with Gasteiger partial charge in [-0.05, 0) is 26.0 Å². The Balaban J connectivity index is 2.19. The maximum Gasteiger partial charge on any atom is 0.316 e. The van der Waals surface area contributed by atoms with Crippen molar-refractivity contribution in [2.75, 3.05) is 6.54 Å². The molecule has 7 heteroatoms. The molecule has 0 aliphatic carbocycles. The lowest BCUT2D eigenvalue weighted by Gasteiger charge is -2.12. The third-order valence-corrected chi connectivity index (χ3v) is 2.92. The molecule has 0 saturated heterocycles. The minimum atomic E-state index is -0.666. The van der Waals surface area contributed by atoms with Crippen LogP contribution >= 0.6 is 0 Å². The molecule has 21 heavy (non-hydrogen) atoms. The summed E-state index contributed by atoms with van der Waals surface area (Å²) in [5.74, 6) is 0. The van der Waals surface area contributed by atoms with E-state index in [0.717, 1.165) is 0 Å². The van der Waals surface area contributed by atoms with Crippen LogP contribution in [0, 0.1) is 0 Å². The van der Waals surface area contributed by atoms with E-state index < -0.39 is 11.1 Å². The Kier molecular flexibility index (Phi) is 4.42. The van der Waals surface area contributed by atoms with Gasteiger partial charge in [0.25, 0.3) is 0 Å². The van der Waals surface area contributed by atoms with E-state index in [1.807, 2.05) is 13.8 Å². The van der Waals surface area contributed by atoms with Crippen LogP contribution in [-0.4, -0.2) is 28.2 Å². The zero-order valence-electron chi connectivity index (χ0n) is 12.0. The highest BCUT2D eigenvalue weighted by molar-refractivity contribution is 5.75. The molecule has 1 heterocycles. The number of rotatable bonds is 4. The summed E-state index contributed by atoms with van der Waals surface area (Å²) in [6, 6.07) is 6.78. The van der Waals surface area contributed by atoms with E-state index in [4.69, 9.17) is 0 Å². The molecule has 1 aromatic heterocycles. The first kappa shape index (κ1) is 14.8. The molecule has 2 amide bonds. The minimum absolute atomic E-state index is 0.0353. The average Bonchev–Trinajstić information content (AvgIpc) is 2.42. The fourth-order valence-electron chi connectivity index (χ4n) is 2.04. The molecule has 0 fully saturated rings. The molecule has 7 nitrogen and oxygen atoms in total. The van der Waals surface area contributed by atoms with Gasteiger partial charge in [0.1, 0.15) is 0 Å². The van der Waals surface area contributed by atoms with Crippen molar-refractivity contribution in [2.24, 2.45) is 0 Å². The van der Waals surface area contributed by atoms with Gasteiger partial charge in [-0.3, -0.25) is 9.59 Å². The largest absolute Gasteiger partial charge is 0.336 e. The van der Waals surface area contributed by atoms with Crippen LogP contribution in [-0.2, 0) is 6.54 Å². The van der Waals surface area contributed by atoms with E-state index in [0.29, 0.717) is 11.0 Å². The maximum absolute atomic E-state index is 11.9. The summed E-state index contributed by atoms with van der Waals surface area (Å²) in [6.07, 6.45) is 0. The van der Waals surface area contributed by atoms with Gasteiger partial charge in [-0.15, -0.1) is 0 Å². The number of para-hydroxylation sites is 2. The molecule has 0 bridgehead atoms. The van der Waals surface area contributed by atoms with Crippen LogP contribution in [0.15, 0.2) is 33.9 Å². The fourth-order valence-corrected chi connectivity index (χ4v) is 2.04. The van der Waals surface area contributed by atoms with E-state index in [9.17, 15) is 14.4 Å². The van der Waals surface area contributed by atoms with Crippen molar-refractivity contribution in [2.45, 2.75) is 26.4 Å². The quantitative estimate of drug-likeness (QED) is 0.711. The Hall–Kier alpha value is -2.57. The first-order chi connectivity index (χ1) is 9.99. The van der Waals surface area contributed by atoms with Gasteiger partial charge in [-0.25, -0.2) is 4.79 Å². The summed E-state index contributed by atoms with van der Waals surface area (Å²) < 4.78 is 1.36. The Morgan fingerprint density at radius 1 is 1.29 bits per heavy atom. The average molecular weight is 290 g/mol. The van der Waals surface area contributed by atoms with Gasteiger partial charge >= 0.3 is 17.1 Å². The third kappa shape index (κ3) is 3.50. The molecule has 1 aromatic carbocycles. The second-order valence-corrected chi connectivity index (χ2v) is 4.98. The molecular formula is C14H18N4O3. The summed E-state index contributed by atoms with van der Waals surface area (Å²) in [7, 11) is 0. The molecule has 3 N–H and O–H groups in total. The molecule has 0 unspecified atom stereocenters. The minimum Gasteiger partial charge on any atom is -0.336 e. The van der Waals surface area contributed by atoms with E-state index in [2.05, 4.69) is 15.6 Å². The molecular weight excluding hydrogens is 272 g/mol. The summed E-state index contributed by atoms with van der Waals surface area (Å²) in [4.78, 5) is 37.6. The highest BCUT2D eigenvalue weighted by Crippen LogP contribution is 2.06. The van der Waals surface area contributed by atoms with Gasteiger partial charge in [-0.2, -0.15) is 0 Å². The number of amides is 2. The predicted molar refractivity (Wildman–Crippen MR) is 80.5 cm³/mol. The number of hydrogen-bond donors (Lipinski definition) is 3. The summed E-state index contributed by atoms with van der Waals surface area (Å²) in [6.45, 7) is 4.20. The van der Waals surface area contributed by atoms with Gasteiger partial charge in [-0.1, -0.05) is 12.1 Å². The van der Waals surface area contributed by atoms with Crippen molar-refractivity contribution in [3.05, 3.63) is 45.0 Å². The van der Waals surface area contributed by atoms with Gasteiger partial charge < -0.3 is 20.2 Å². The first-order valence-electron chi connectivity index (χ1n) is 6.75. The van der Waals surface area contributed by atoms with Crippen molar-refractivity contribution < 1.29 is 4.79 Å². The molecule has 0 aliphatic heterocycles. The molecule has 0 aliphatic rings. The number of hydrogen-bond acceptors (Lipinski definition) is 3. The molecule has 0 saturated carbocycles. The summed E-state index contributed by atoms with van der Waals surface area (Å²) in [5, 5.41) is 5.34. The number of carbonyl (C=O) groups is 1. The van der Waals surface area contributed by atoms with Crippen molar-refractivity contribution in [3.63, 3.8) is 0 Å². The molecule has 0 atom stereocenters. The fraction of sp³-hybridized carbons (Fsp3) is 0.357. The molecule has 112 valence electrons. The van der Waals surface area contributed by atoms with Crippen LogP contribution in [0.1, 0.15) is 13.8 Å². The number of benzene rings is 1. The monoisotopic (exact) mass is 290 g/mol. The lowest BCUT2D eigenvalue weighted by Crippen LogP contribution is -2.43. The second-order valence-electron chi connectivity index (χ2n) is 4.98. The molecule has 2 aromatic rings. The normalized spacial score (nSPS) is 10.8. The van der Waals surface area contributed by atoms with Crippen LogP contribution in [0.4, 0.5) is 4.79 Å². The number of nitrogens with zero attached hydrogens (tertiary/aromatic N) is 1. The third-order valence-electron chi connectivity index (χ3n) is 2.92. The molecule has 2 rings (SSSR count). The highest BCUT2D eigenvalue weighted by atomic mass is 16.2. The van der Waals surface area contributed by atoms with Crippen molar-refractivity contribution in [3.8, 4) is 0 Å². The number of aromatic amines is 1. The van der Waals surface area contributed by atoms with Gasteiger partial charge in [0.05, 0.1) is 11.0 Å². The number of aromatic nitrogens is 2. The van der Waals surface area contributed by atoms with Crippen LogP contribution in [0.25, 0.3) is 11.0 Å². The zero-order valence-corrected chi connectivity index (χ0v) is 12.0. The topological polar surface area (TPSA) is 96.0 Å². The van der Waals surface area contributed by atoms with Crippen molar-refractivity contribution in [1.82, 2.24) is 20.2 Å². The van der Waals surface area contributed by atoms with E-state index in [1.54, 1.807) is 24.3 Å². The van der Waals surface area contributed by atoms with Crippen LogP contribution in [0.3, 0.4) is 0 Å². The van der Waals surface area contributed by atoms with E-state index in [-0.39, 0.29) is 25.2 Å². The second kappa shape index (κ2) is 6.25. The van der Waals surface area contributed by atoms with Crippen LogP contribution in [0.2, 0.25) is 0 Å². The van der Waals surface area contributed by atoms with Crippen molar-refractivity contribution >= 4 is 17.1 Å². The highest BCUT2D eigenvalue weighted by Gasteiger charge is 2.07. The Labute approximate surface area is 121 Å². The molecule has 0 spiro atoms. The predicted octanol–water partition coefficient (Wildman–Crippen LogP) is 0.397. The number of H-pyrrole nitrogens is 1.